The molecule has 5 nitrogen and oxygen atoms in total. The van der Waals surface area contributed by atoms with E-state index in [1.807, 2.05) is 0 Å². The minimum atomic E-state index is 0.178. The molecule has 0 atom stereocenters. The maximum Gasteiger partial charge on any atom is 0.223 e. The second kappa shape index (κ2) is 5.29. The van der Waals surface area contributed by atoms with Gasteiger partial charge in [0.05, 0.1) is 0 Å². The van der Waals surface area contributed by atoms with E-state index in [2.05, 4.69) is 20.6 Å². The van der Waals surface area contributed by atoms with Crippen molar-refractivity contribution < 1.29 is 0 Å². The van der Waals surface area contributed by atoms with E-state index < -0.39 is 0 Å². The third-order valence-electron chi connectivity index (χ3n) is 2.13. The van der Waals surface area contributed by atoms with Gasteiger partial charge in [-0.3, -0.25) is 0 Å². The fourth-order valence-corrected chi connectivity index (χ4v) is 1.96. The Bertz CT molecular complexity index is 553. The molecule has 0 unspecified atom stereocenters. The van der Waals surface area contributed by atoms with Crippen LogP contribution in [0.15, 0.2) is 24.3 Å². The van der Waals surface area contributed by atoms with Gasteiger partial charge in [-0.05, 0) is 18.2 Å². The molecule has 1 aromatic heterocycles. The number of hydrogen-bond acceptors (Lipinski definition) is 5. The Morgan fingerprint density at radius 2 is 1.61 bits per heavy atom. The first-order chi connectivity index (χ1) is 8.56. The average Bonchev–Trinajstić information content (AvgIpc) is 2.26. The van der Waals surface area contributed by atoms with Gasteiger partial charge < -0.3 is 16.4 Å². The molecule has 0 amide bonds. The molecule has 1 aromatic carbocycles. The molecule has 0 bridgehead atoms. The van der Waals surface area contributed by atoms with Gasteiger partial charge in [0.1, 0.15) is 11.6 Å². The Labute approximate surface area is 114 Å². The molecule has 2 rings (SSSR count). The molecule has 0 radical (unpaired) electrons. The summed E-state index contributed by atoms with van der Waals surface area (Å²) in [4.78, 5) is 8.06. The number of aromatic nitrogens is 2. The van der Waals surface area contributed by atoms with E-state index in [-0.39, 0.29) is 5.95 Å². The van der Waals surface area contributed by atoms with Crippen LogP contribution < -0.4 is 16.4 Å². The Morgan fingerprint density at radius 3 is 2.22 bits per heavy atom. The van der Waals surface area contributed by atoms with E-state index >= 15 is 0 Å². The van der Waals surface area contributed by atoms with Gasteiger partial charge in [-0.2, -0.15) is 9.97 Å². The maximum absolute atomic E-state index is 5.91. The van der Waals surface area contributed by atoms with Crippen molar-refractivity contribution in [1.82, 2.24) is 9.97 Å². The lowest BCUT2D eigenvalue weighted by Crippen LogP contribution is -2.03. The second-order valence-corrected chi connectivity index (χ2v) is 4.40. The summed E-state index contributed by atoms with van der Waals surface area (Å²) in [7, 11) is 1.75. The Hall–Kier alpha value is -1.72. The van der Waals surface area contributed by atoms with Gasteiger partial charge in [0.2, 0.25) is 5.95 Å². The predicted octanol–water partition coefficient (Wildman–Crippen LogP) is 3.15. The van der Waals surface area contributed by atoms with Crippen LogP contribution in [0.2, 0.25) is 10.0 Å². The molecule has 7 heteroatoms. The van der Waals surface area contributed by atoms with Crippen molar-refractivity contribution in [3.05, 3.63) is 34.3 Å². The minimum absolute atomic E-state index is 0.178. The van der Waals surface area contributed by atoms with Crippen LogP contribution in [0, 0.1) is 0 Å². The second-order valence-electron chi connectivity index (χ2n) is 3.53. The van der Waals surface area contributed by atoms with Crippen LogP contribution in [0.5, 0.6) is 0 Å². The summed E-state index contributed by atoms with van der Waals surface area (Å²) >= 11 is 11.8. The molecule has 0 aliphatic rings. The van der Waals surface area contributed by atoms with E-state index in [0.29, 0.717) is 21.7 Å². The molecule has 18 heavy (non-hydrogen) atoms. The lowest BCUT2D eigenvalue weighted by atomic mass is 10.3. The van der Waals surface area contributed by atoms with E-state index in [1.54, 1.807) is 31.3 Å². The molecule has 0 fully saturated rings. The first kappa shape index (κ1) is 12.7. The number of hydrogen-bond donors (Lipinski definition) is 3. The van der Waals surface area contributed by atoms with Gasteiger partial charge in [0.25, 0.3) is 0 Å². The lowest BCUT2D eigenvalue weighted by Gasteiger charge is -2.08. The van der Waals surface area contributed by atoms with Crippen LogP contribution in [-0.2, 0) is 0 Å². The molecule has 0 aliphatic heterocycles. The van der Waals surface area contributed by atoms with Crippen molar-refractivity contribution in [2.45, 2.75) is 0 Å². The summed E-state index contributed by atoms with van der Waals surface area (Å²) in [5, 5.41) is 7.04. The largest absolute Gasteiger partial charge is 0.373 e. The number of nitrogens with one attached hydrogen (secondary N) is 2. The zero-order chi connectivity index (χ0) is 13.1. The number of nitrogen functional groups attached to an aromatic ring is 1. The summed E-state index contributed by atoms with van der Waals surface area (Å²) in [6, 6.07) is 6.86. The van der Waals surface area contributed by atoms with E-state index in [4.69, 9.17) is 28.9 Å². The Balaban J connectivity index is 2.30. The van der Waals surface area contributed by atoms with Crippen LogP contribution in [-0.4, -0.2) is 17.0 Å². The standard InChI is InChI=1S/C11H11Cl2N5/c1-15-9-5-10(18-11(14)17-9)16-8-3-6(12)2-7(13)4-8/h2-5H,1H3,(H4,14,15,16,17,18). The molecule has 94 valence electrons. The van der Waals surface area contributed by atoms with Crippen molar-refractivity contribution in [3.8, 4) is 0 Å². The van der Waals surface area contributed by atoms with Gasteiger partial charge in [-0.25, -0.2) is 0 Å². The molecule has 2 aromatic rings. The van der Waals surface area contributed by atoms with Crippen LogP contribution in [0.4, 0.5) is 23.3 Å². The highest BCUT2D eigenvalue weighted by molar-refractivity contribution is 6.35. The van der Waals surface area contributed by atoms with E-state index in [1.165, 1.54) is 0 Å². The monoisotopic (exact) mass is 283 g/mol. The predicted molar refractivity (Wildman–Crippen MR) is 75.7 cm³/mol. The fraction of sp³-hybridized carbons (Fsp3) is 0.0909. The highest BCUT2D eigenvalue weighted by Gasteiger charge is 2.03. The molecular weight excluding hydrogens is 273 g/mol. The van der Waals surface area contributed by atoms with E-state index in [0.717, 1.165) is 5.69 Å². The van der Waals surface area contributed by atoms with Gasteiger partial charge in [-0.15, -0.1) is 0 Å². The van der Waals surface area contributed by atoms with Gasteiger partial charge in [0, 0.05) is 28.8 Å². The number of halogens is 2. The van der Waals surface area contributed by atoms with Crippen molar-refractivity contribution in [3.63, 3.8) is 0 Å². The third-order valence-corrected chi connectivity index (χ3v) is 2.57. The summed E-state index contributed by atoms with van der Waals surface area (Å²) < 4.78 is 0. The molecular formula is C11H11Cl2N5. The molecule has 0 aliphatic carbocycles. The first-order valence-electron chi connectivity index (χ1n) is 5.12. The van der Waals surface area contributed by atoms with Gasteiger partial charge in [0.15, 0.2) is 0 Å². The Kier molecular flexibility index (Phi) is 3.74. The summed E-state index contributed by atoms with van der Waals surface area (Å²) in [6.45, 7) is 0. The van der Waals surface area contributed by atoms with Crippen molar-refractivity contribution in [2.24, 2.45) is 0 Å². The number of nitrogens with two attached hydrogens (primary N) is 1. The normalized spacial score (nSPS) is 10.2. The first-order valence-corrected chi connectivity index (χ1v) is 5.88. The van der Waals surface area contributed by atoms with E-state index in [9.17, 15) is 0 Å². The average molecular weight is 284 g/mol. The van der Waals surface area contributed by atoms with Crippen molar-refractivity contribution in [2.75, 3.05) is 23.4 Å². The molecule has 0 spiro atoms. The quantitative estimate of drug-likeness (QED) is 0.807. The zero-order valence-electron chi connectivity index (χ0n) is 9.54. The fourth-order valence-electron chi connectivity index (χ4n) is 1.43. The van der Waals surface area contributed by atoms with Crippen molar-refractivity contribution in [1.29, 1.82) is 0 Å². The third kappa shape index (κ3) is 3.15. The summed E-state index contributed by atoms with van der Waals surface area (Å²) in [5.74, 6) is 1.36. The minimum Gasteiger partial charge on any atom is -0.373 e. The SMILES string of the molecule is CNc1cc(Nc2cc(Cl)cc(Cl)c2)nc(N)n1. The summed E-state index contributed by atoms with van der Waals surface area (Å²) in [5.41, 5.74) is 6.32. The van der Waals surface area contributed by atoms with Crippen LogP contribution in [0.1, 0.15) is 0 Å². The van der Waals surface area contributed by atoms with Crippen LogP contribution >= 0.6 is 23.2 Å². The molecule has 1 heterocycles. The molecule has 4 N–H and O–H groups in total. The topological polar surface area (TPSA) is 75.9 Å². The van der Waals surface area contributed by atoms with Crippen LogP contribution in [0.25, 0.3) is 0 Å². The van der Waals surface area contributed by atoms with Crippen LogP contribution in [0.3, 0.4) is 0 Å². The van der Waals surface area contributed by atoms with Crippen molar-refractivity contribution >= 4 is 46.5 Å². The number of benzene rings is 1. The highest BCUT2D eigenvalue weighted by atomic mass is 35.5. The maximum atomic E-state index is 5.91. The molecule has 0 saturated carbocycles. The smallest absolute Gasteiger partial charge is 0.223 e. The van der Waals surface area contributed by atoms with Gasteiger partial charge in [-0.1, -0.05) is 23.2 Å². The highest BCUT2D eigenvalue weighted by Crippen LogP contribution is 2.25. The Morgan fingerprint density at radius 1 is 1.00 bits per heavy atom. The number of nitrogens with zero attached hydrogens (tertiary/aromatic N) is 2. The lowest BCUT2D eigenvalue weighted by molar-refractivity contribution is 1.17. The van der Waals surface area contributed by atoms with Gasteiger partial charge >= 0.3 is 0 Å². The zero-order valence-corrected chi connectivity index (χ0v) is 11.0. The number of rotatable bonds is 3. The summed E-state index contributed by atoms with van der Waals surface area (Å²) in [6.07, 6.45) is 0. The number of anilines is 4. The molecule has 0 saturated heterocycles.